The van der Waals surface area contributed by atoms with E-state index in [0.29, 0.717) is 32.4 Å². The Bertz CT molecular complexity index is 588. The van der Waals surface area contributed by atoms with Gasteiger partial charge in [0.25, 0.3) is 0 Å². The van der Waals surface area contributed by atoms with Crippen molar-refractivity contribution >= 4 is 15.9 Å². The van der Waals surface area contributed by atoms with E-state index in [1.54, 1.807) is 0 Å². The molecule has 1 aromatic rings. The van der Waals surface area contributed by atoms with Crippen molar-refractivity contribution in [2.45, 2.75) is 32.2 Å². The summed E-state index contributed by atoms with van der Waals surface area (Å²) in [7, 11) is -3.17. The molecule has 1 aromatic carbocycles. The molecular weight excluding hydrogens is 288 g/mol. The van der Waals surface area contributed by atoms with Gasteiger partial charge < -0.3 is 4.90 Å². The van der Waals surface area contributed by atoms with Crippen LogP contribution in [0, 0.1) is 6.92 Å². The summed E-state index contributed by atoms with van der Waals surface area (Å²) in [5, 5.41) is 0. The van der Waals surface area contributed by atoms with E-state index in [1.807, 2.05) is 36.1 Å². The van der Waals surface area contributed by atoms with Crippen LogP contribution in [0.3, 0.4) is 0 Å². The SMILES string of the molecule is Cc1ccc(CC(=O)N2CCC(NS(C)(=O)=O)CC2)cc1. The molecule has 0 radical (unpaired) electrons. The lowest BCUT2D eigenvalue weighted by molar-refractivity contribution is -0.131. The van der Waals surface area contributed by atoms with Crippen LogP contribution in [0.5, 0.6) is 0 Å². The molecule has 1 aliphatic heterocycles. The van der Waals surface area contributed by atoms with Crippen molar-refractivity contribution in [3.63, 3.8) is 0 Å². The Balaban J connectivity index is 1.84. The molecule has 0 bridgehead atoms. The summed E-state index contributed by atoms with van der Waals surface area (Å²) in [5.41, 5.74) is 2.20. The lowest BCUT2D eigenvalue weighted by Gasteiger charge is -2.32. The summed E-state index contributed by atoms with van der Waals surface area (Å²) in [6, 6.07) is 7.91. The fourth-order valence-corrected chi connectivity index (χ4v) is 3.38. The monoisotopic (exact) mass is 310 g/mol. The summed E-state index contributed by atoms with van der Waals surface area (Å²) >= 11 is 0. The third-order valence-corrected chi connectivity index (χ3v) is 4.47. The van der Waals surface area contributed by atoms with Crippen molar-refractivity contribution in [3.8, 4) is 0 Å². The van der Waals surface area contributed by atoms with Gasteiger partial charge in [0.05, 0.1) is 12.7 Å². The van der Waals surface area contributed by atoms with E-state index in [9.17, 15) is 13.2 Å². The van der Waals surface area contributed by atoms with E-state index < -0.39 is 10.0 Å². The van der Waals surface area contributed by atoms with E-state index >= 15 is 0 Å². The van der Waals surface area contributed by atoms with Crippen LogP contribution in [0.2, 0.25) is 0 Å². The van der Waals surface area contributed by atoms with Gasteiger partial charge in [0.15, 0.2) is 0 Å². The van der Waals surface area contributed by atoms with E-state index in [2.05, 4.69) is 4.72 Å². The van der Waals surface area contributed by atoms with Crippen molar-refractivity contribution < 1.29 is 13.2 Å². The Morgan fingerprint density at radius 2 is 1.81 bits per heavy atom. The van der Waals surface area contributed by atoms with Gasteiger partial charge in [0.1, 0.15) is 0 Å². The maximum Gasteiger partial charge on any atom is 0.226 e. The lowest BCUT2D eigenvalue weighted by Crippen LogP contribution is -2.46. The standard InChI is InChI=1S/C15H22N2O3S/c1-12-3-5-13(6-4-12)11-15(18)17-9-7-14(8-10-17)16-21(2,19)20/h3-6,14,16H,7-11H2,1-2H3. The molecular formula is C15H22N2O3S. The lowest BCUT2D eigenvalue weighted by atomic mass is 10.0. The number of piperidine rings is 1. The number of nitrogens with zero attached hydrogens (tertiary/aromatic N) is 1. The van der Waals surface area contributed by atoms with Crippen LogP contribution in [0.15, 0.2) is 24.3 Å². The van der Waals surface area contributed by atoms with Crippen LogP contribution < -0.4 is 4.72 Å². The predicted octanol–water partition coefficient (Wildman–Crippen LogP) is 1.08. The minimum absolute atomic E-state index is 0.0524. The van der Waals surface area contributed by atoms with Crippen LogP contribution in [-0.4, -0.2) is 44.6 Å². The van der Waals surface area contributed by atoms with Gasteiger partial charge in [-0.1, -0.05) is 29.8 Å². The first-order valence-corrected chi connectivity index (χ1v) is 9.03. The molecule has 1 amide bonds. The third kappa shape index (κ3) is 5.13. The summed E-state index contributed by atoms with van der Waals surface area (Å²) < 4.78 is 25.0. The number of benzene rings is 1. The molecule has 116 valence electrons. The topological polar surface area (TPSA) is 66.5 Å². The average molecular weight is 310 g/mol. The molecule has 1 saturated heterocycles. The van der Waals surface area contributed by atoms with Gasteiger partial charge in [-0.15, -0.1) is 0 Å². The second-order valence-corrected chi connectivity index (χ2v) is 7.49. The molecule has 0 saturated carbocycles. The van der Waals surface area contributed by atoms with E-state index in [1.165, 1.54) is 11.8 Å². The number of nitrogens with one attached hydrogen (secondary N) is 1. The summed E-state index contributed by atoms with van der Waals surface area (Å²) in [5.74, 6) is 0.108. The summed E-state index contributed by atoms with van der Waals surface area (Å²) in [6.45, 7) is 3.24. The van der Waals surface area contributed by atoms with Crippen LogP contribution in [0.1, 0.15) is 24.0 Å². The van der Waals surface area contributed by atoms with E-state index in [0.717, 1.165) is 5.56 Å². The molecule has 0 aliphatic carbocycles. The second-order valence-electron chi connectivity index (χ2n) is 5.71. The van der Waals surface area contributed by atoms with Crippen LogP contribution in [0.25, 0.3) is 0 Å². The number of aryl methyl sites for hydroxylation is 1. The maximum atomic E-state index is 12.2. The highest BCUT2D eigenvalue weighted by Gasteiger charge is 2.24. The molecule has 1 fully saturated rings. The molecule has 21 heavy (non-hydrogen) atoms. The van der Waals surface area contributed by atoms with Crippen molar-refractivity contribution in [2.24, 2.45) is 0 Å². The van der Waals surface area contributed by atoms with Gasteiger partial charge in [-0.05, 0) is 25.3 Å². The van der Waals surface area contributed by atoms with E-state index in [4.69, 9.17) is 0 Å². The van der Waals surface area contributed by atoms with Crippen molar-refractivity contribution in [2.75, 3.05) is 19.3 Å². The zero-order valence-corrected chi connectivity index (χ0v) is 13.3. The Labute approximate surface area is 126 Å². The zero-order valence-electron chi connectivity index (χ0n) is 12.5. The summed E-state index contributed by atoms with van der Waals surface area (Å²) in [4.78, 5) is 14.1. The average Bonchev–Trinajstić information content (AvgIpc) is 2.40. The number of hydrogen-bond donors (Lipinski definition) is 1. The molecule has 0 spiro atoms. The molecule has 1 heterocycles. The quantitative estimate of drug-likeness (QED) is 0.905. The first kappa shape index (κ1) is 16.0. The number of hydrogen-bond acceptors (Lipinski definition) is 3. The molecule has 1 aliphatic rings. The molecule has 6 heteroatoms. The Kier molecular flexibility index (Phi) is 5.00. The molecule has 2 rings (SSSR count). The van der Waals surface area contributed by atoms with Gasteiger partial charge in [-0.2, -0.15) is 0 Å². The molecule has 0 atom stereocenters. The summed E-state index contributed by atoms with van der Waals surface area (Å²) in [6.07, 6.45) is 2.92. The Morgan fingerprint density at radius 1 is 1.24 bits per heavy atom. The zero-order chi connectivity index (χ0) is 15.5. The molecule has 0 aromatic heterocycles. The second kappa shape index (κ2) is 6.58. The normalized spacial score (nSPS) is 17.0. The largest absolute Gasteiger partial charge is 0.342 e. The predicted molar refractivity (Wildman–Crippen MR) is 82.5 cm³/mol. The van der Waals surface area contributed by atoms with Gasteiger partial charge in [0.2, 0.25) is 15.9 Å². The minimum atomic E-state index is -3.17. The van der Waals surface area contributed by atoms with Crippen LogP contribution in [0.4, 0.5) is 0 Å². The van der Waals surface area contributed by atoms with Gasteiger partial charge in [0, 0.05) is 19.1 Å². The first-order valence-electron chi connectivity index (χ1n) is 7.14. The van der Waals surface area contributed by atoms with E-state index in [-0.39, 0.29) is 11.9 Å². The molecule has 0 unspecified atom stereocenters. The molecule has 1 N–H and O–H groups in total. The van der Waals surface area contributed by atoms with Crippen LogP contribution in [-0.2, 0) is 21.2 Å². The Hall–Kier alpha value is -1.40. The first-order chi connectivity index (χ1) is 9.83. The number of amides is 1. The number of likely N-dealkylation sites (tertiary alicyclic amines) is 1. The fourth-order valence-electron chi connectivity index (χ4n) is 2.54. The van der Waals surface area contributed by atoms with Crippen molar-refractivity contribution in [1.29, 1.82) is 0 Å². The maximum absolute atomic E-state index is 12.2. The number of carbonyl (C=O) groups excluding carboxylic acids is 1. The third-order valence-electron chi connectivity index (χ3n) is 3.70. The van der Waals surface area contributed by atoms with Gasteiger partial charge >= 0.3 is 0 Å². The van der Waals surface area contributed by atoms with Crippen molar-refractivity contribution in [3.05, 3.63) is 35.4 Å². The number of carbonyl (C=O) groups is 1. The molecule has 5 nitrogen and oxygen atoms in total. The minimum Gasteiger partial charge on any atom is -0.342 e. The van der Waals surface area contributed by atoms with Crippen LogP contribution >= 0.6 is 0 Å². The Morgan fingerprint density at radius 3 is 2.33 bits per heavy atom. The van der Waals surface area contributed by atoms with Gasteiger partial charge in [-0.25, -0.2) is 13.1 Å². The number of rotatable bonds is 4. The highest BCUT2D eigenvalue weighted by atomic mass is 32.2. The highest BCUT2D eigenvalue weighted by molar-refractivity contribution is 7.88. The smallest absolute Gasteiger partial charge is 0.226 e. The van der Waals surface area contributed by atoms with Crippen molar-refractivity contribution in [1.82, 2.24) is 9.62 Å². The fraction of sp³-hybridized carbons (Fsp3) is 0.533. The number of sulfonamides is 1. The highest BCUT2D eigenvalue weighted by Crippen LogP contribution is 2.13. The van der Waals surface area contributed by atoms with Gasteiger partial charge in [-0.3, -0.25) is 4.79 Å².